The molecule has 1 N–H and O–H groups in total. The van der Waals surface area contributed by atoms with Gasteiger partial charge in [0.1, 0.15) is 10.8 Å². The Bertz CT molecular complexity index is 438. The van der Waals surface area contributed by atoms with Crippen molar-refractivity contribution in [2.24, 2.45) is 0 Å². The van der Waals surface area contributed by atoms with Crippen LogP contribution in [0.1, 0.15) is 29.4 Å². The van der Waals surface area contributed by atoms with Crippen molar-refractivity contribution in [1.82, 2.24) is 10.3 Å². The minimum absolute atomic E-state index is 0.0706. The first-order valence-electron chi connectivity index (χ1n) is 5.34. The molecule has 1 aromatic rings. The van der Waals surface area contributed by atoms with Crippen LogP contribution in [0.4, 0.5) is 0 Å². The Morgan fingerprint density at radius 1 is 1.38 bits per heavy atom. The van der Waals surface area contributed by atoms with Gasteiger partial charge >= 0.3 is 0 Å². The third-order valence-electron chi connectivity index (χ3n) is 2.26. The molecule has 0 aliphatic heterocycles. The predicted octanol–water partition coefficient (Wildman–Crippen LogP) is 1.50. The lowest BCUT2D eigenvalue weighted by Gasteiger charge is -1.97. The van der Waals surface area contributed by atoms with Crippen LogP contribution in [0.25, 0.3) is 0 Å². The Morgan fingerprint density at radius 3 is 2.62 bits per heavy atom. The van der Waals surface area contributed by atoms with Crippen LogP contribution >= 0.6 is 11.3 Å². The van der Waals surface area contributed by atoms with Crippen molar-refractivity contribution >= 4 is 21.2 Å². The fourth-order valence-electron chi connectivity index (χ4n) is 1.24. The summed E-state index contributed by atoms with van der Waals surface area (Å²) in [5.74, 6) is 0.245. The molecule has 0 atom stereocenters. The third-order valence-corrected chi connectivity index (χ3v) is 5.19. The van der Waals surface area contributed by atoms with Crippen LogP contribution in [0.5, 0.6) is 0 Å². The average Bonchev–Trinajstić information content (AvgIpc) is 2.55. The number of nitrogens with one attached hydrogen (secondary N) is 1. The number of rotatable bonds is 6. The molecule has 0 fully saturated rings. The van der Waals surface area contributed by atoms with E-state index in [1.54, 1.807) is 6.92 Å². The molecule has 0 amide bonds. The maximum Gasteiger partial charge on any atom is 0.156 e. The molecule has 0 spiro atoms. The number of hydrogen-bond acceptors (Lipinski definition) is 5. The van der Waals surface area contributed by atoms with E-state index in [0.29, 0.717) is 5.01 Å². The lowest BCUT2D eigenvalue weighted by atomic mass is 10.4. The molecular formula is C10H18N2O2S2. The molecule has 6 heteroatoms. The zero-order valence-electron chi connectivity index (χ0n) is 9.91. The Balaban J connectivity index is 2.77. The highest BCUT2D eigenvalue weighted by Crippen LogP contribution is 2.20. The van der Waals surface area contributed by atoms with E-state index < -0.39 is 9.84 Å². The summed E-state index contributed by atoms with van der Waals surface area (Å²) >= 11 is 1.49. The molecule has 1 rings (SSSR count). The monoisotopic (exact) mass is 262 g/mol. The smallest absolute Gasteiger partial charge is 0.156 e. The normalized spacial score (nSPS) is 11.9. The summed E-state index contributed by atoms with van der Waals surface area (Å²) in [6.07, 6.45) is 0. The lowest BCUT2D eigenvalue weighted by Crippen LogP contribution is -2.11. The van der Waals surface area contributed by atoms with Gasteiger partial charge in [-0.05, 0) is 13.5 Å². The Morgan fingerprint density at radius 2 is 2.06 bits per heavy atom. The maximum atomic E-state index is 11.5. The summed E-state index contributed by atoms with van der Waals surface area (Å²) in [5.41, 5.74) is 0.937. The minimum Gasteiger partial charge on any atom is -0.312 e. The summed E-state index contributed by atoms with van der Waals surface area (Å²) in [4.78, 5) is 5.42. The number of nitrogens with zero attached hydrogens (tertiary/aromatic N) is 1. The first-order chi connectivity index (χ1) is 7.48. The molecule has 1 heterocycles. The van der Waals surface area contributed by atoms with E-state index in [1.165, 1.54) is 11.3 Å². The van der Waals surface area contributed by atoms with E-state index in [0.717, 1.165) is 23.7 Å². The highest BCUT2D eigenvalue weighted by atomic mass is 32.2. The molecule has 0 saturated carbocycles. The minimum atomic E-state index is -2.97. The number of hydrogen-bond donors (Lipinski definition) is 1. The quantitative estimate of drug-likeness (QED) is 0.844. The van der Waals surface area contributed by atoms with E-state index in [2.05, 4.69) is 10.3 Å². The summed E-state index contributed by atoms with van der Waals surface area (Å²) in [7, 11) is -2.97. The zero-order valence-corrected chi connectivity index (χ0v) is 11.5. The van der Waals surface area contributed by atoms with Gasteiger partial charge in [0.25, 0.3) is 0 Å². The van der Waals surface area contributed by atoms with Gasteiger partial charge in [0.2, 0.25) is 0 Å². The molecule has 92 valence electrons. The predicted molar refractivity (Wildman–Crippen MR) is 67.4 cm³/mol. The molecule has 0 unspecified atom stereocenters. The van der Waals surface area contributed by atoms with Gasteiger partial charge < -0.3 is 5.32 Å². The molecule has 0 saturated heterocycles. The molecular weight excluding hydrogens is 244 g/mol. The number of thiazole rings is 1. The molecule has 1 aromatic heterocycles. The van der Waals surface area contributed by atoms with E-state index in [1.807, 2.05) is 13.8 Å². The third kappa shape index (κ3) is 3.84. The Kier molecular flexibility index (Phi) is 4.89. The van der Waals surface area contributed by atoms with Crippen molar-refractivity contribution in [2.45, 2.75) is 33.1 Å². The first-order valence-corrected chi connectivity index (χ1v) is 7.98. The molecule has 0 aliphatic rings. The highest BCUT2D eigenvalue weighted by molar-refractivity contribution is 7.90. The molecule has 0 aromatic carbocycles. The summed E-state index contributed by atoms with van der Waals surface area (Å²) in [6, 6.07) is 0. The van der Waals surface area contributed by atoms with Crippen LogP contribution < -0.4 is 5.32 Å². The molecule has 0 aliphatic carbocycles. The SMILES string of the molecule is CCNCc1sc(CS(=O)(=O)CC)nc1C. The standard InChI is InChI=1S/C10H18N2O2S2/c1-4-11-6-9-8(3)12-10(15-9)7-16(13,14)5-2/h11H,4-7H2,1-3H3. The van der Waals surface area contributed by atoms with Gasteiger partial charge in [-0.25, -0.2) is 13.4 Å². The van der Waals surface area contributed by atoms with E-state index in [4.69, 9.17) is 0 Å². The van der Waals surface area contributed by atoms with Crippen LogP contribution in [0.2, 0.25) is 0 Å². The zero-order chi connectivity index (χ0) is 12.2. The second-order valence-corrected chi connectivity index (χ2v) is 7.09. The maximum absolute atomic E-state index is 11.5. The van der Waals surface area contributed by atoms with Crippen LogP contribution in [0, 0.1) is 6.92 Å². The number of aryl methyl sites for hydroxylation is 1. The number of sulfone groups is 1. The molecule has 16 heavy (non-hydrogen) atoms. The first kappa shape index (κ1) is 13.6. The van der Waals surface area contributed by atoms with Crippen molar-refractivity contribution in [3.05, 3.63) is 15.6 Å². The number of aromatic nitrogens is 1. The highest BCUT2D eigenvalue weighted by Gasteiger charge is 2.14. The van der Waals surface area contributed by atoms with Crippen molar-refractivity contribution in [2.75, 3.05) is 12.3 Å². The van der Waals surface area contributed by atoms with Gasteiger partial charge in [0.15, 0.2) is 9.84 Å². The van der Waals surface area contributed by atoms with Gasteiger partial charge in [-0.15, -0.1) is 11.3 Å². The lowest BCUT2D eigenvalue weighted by molar-refractivity contribution is 0.596. The molecule has 4 nitrogen and oxygen atoms in total. The molecule has 0 bridgehead atoms. The summed E-state index contributed by atoms with van der Waals surface area (Å²) < 4.78 is 22.9. The van der Waals surface area contributed by atoms with Crippen LogP contribution in [-0.2, 0) is 22.1 Å². The van der Waals surface area contributed by atoms with Gasteiger partial charge in [-0.1, -0.05) is 13.8 Å². The van der Waals surface area contributed by atoms with Crippen molar-refractivity contribution in [1.29, 1.82) is 0 Å². The second-order valence-electron chi connectivity index (χ2n) is 3.57. The van der Waals surface area contributed by atoms with Crippen molar-refractivity contribution in [3.8, 4) is 0 Å². The Hall–Kier alpha value is -0.460. The van der Waals surface area contributed by atoms with E-state index in [9.17, 15) is 8.42 Å². The summed E-state index contributed by atoms with van der Waals surface area (Å²) in [6.45, 7) is 7.30. The fourth-order valence-corrected chi connectivity index (χ4v) is 3.50. The van der Waals surface area contributed by atoms with Gasteiger partial charge in [0.05, 0.1) is 5.69 Å². The molecule has 0 radical (unpaired) electrons. The van der Waals surface area contributed by atoms with Crippen molar-refractivity contribution in [3.63, 3.8) is 0 Å². The second kappa shape index (κ2) is 5.75. The average molecular weight is 262 g/mol. The van der Waals surface area contributed by atoms with Crippen LogP contribution in [-0.4, -0.2) is 25.7 Å². The van der Waals surface area contributed by atoms with Gasteiger partial charge in [-0.3, -0.25) is 0 Å². The van der Waals surface area contributed by atoms with E-state index in [-0.39, 0.29) is 11.5 Å². The Labute approximate surface area is 101 Å². The van der Waals surface area contributed by atoms with Crippen molar-refractivity contribution < 1.29 is 8.42 Å². The largest absolute Gasteiger partial charge is 0.312 e. The van der Waals surface area contributed by atoms with Gasteiger partial charge in [-0.2, -0.15) is 0 Å². The van der Waals surface area contributed by atoms with E-state index >= 15 is 0 Å². The topological polar surface area (TPSA) is 59.1 Å². The van der Waals surface area contributed by atoms with Gasteiger partial charge in [0, 0.05) is 17.2 Å². The fraction of sp³-hybridized carbons (Fsp3) is 0.700. The van der Waals surface area contributed by atoms with Crippen LogP contribution in [0.15, 0.2) is 0 Å². The summed E-state index contributed by atoms with van der Waals surface area (Å²) in [5, 5.41) is 3.92. The van der Waals surface area contributed by atoms with Crippen LogP contribution in [0.3, 0.4) is 0 Å².